The smallest absolute Gasteiger partial charge is 0.293 e. The minimum Gasteiger partial charge on any atom is -0.382 e. The Kier molecular flexibility index (Phi) is 4.24. The van der Waals surface area contributed by atoms with Crippen molar-refractivity contribution in [2.75, 3.05) is 20.3 Å². The van der Waals surface area contributed by atoms with Gasteiger partial charge in [0.1, 0.15) is 0 Å². The van der Waals surface area contributed by atoms with Crippen molar-refractivity contribution in [3.05, 3.63) is 17.5 Å². The predicted octanol–water partition coefficient (Wildman–Crippen LogP) is 2.40. The third-order valence-electron chi connectivity index (χ3n) is 3.81. The fraction of sp³-hybridized carbons (Fsp3) is 0.714. The van der Waals surface area contributed by atoms with Crippen molar-refractivity contribution in [2.45, 2.75) is 45.1 Å². The van der Waals surface area contributed by atoms with Crippen LogP contribution in [0.15, 0.2) is 10.6 Å². The van der Waals surface area contributed by atoms with Crippen LogP contribution in [-0.2, 0) is 4.74 Å². The normalized spacial score (nSPS) is 23.0. The average molecular weight is 266 g/mol. The Labute approximate surface area is 113 Å². The highest BCUT2D eigenvalue weighted by molar-refractivity contribution is 5.92. The highest BCUT2D eigenvalue weighted by Gasteiger charge is 2.44. The van der Waals surface area contributed by atoms with E-state index in [0.29, 0.717) is 12.4 Å². The summed E-state index contributed by atoms with van der Waals surface area (Å²) in [6.45, 7) is 5.30. The van der Waals surface area contributed by atoms with Gasteiger partial charge < -0.3 is 14.2 Å². The zero-order valence-corrected chi connectivity index (χ0v) is 11.9. The maximum Gasteiger partial charge on any atom is 0.293 e. The van der Waals surface area contributed by atoms with Gasteiger partial charge in [0, 0.05) is 19.7 Å². The van der Waals surface area contributed by atoms with Crippen LogP contribution < -0.4 is 0 Å². The first-order chi connectivity index (χ1) is 9.13. The van der Waals surface area contributed by atoms with Gasteiger partial charge in [0.05, 0.1) is 17.8 Å². The van der Waals surface area contributed by atoms with Gasteiger partial charge in [-0.15, -0.1) is 0 Å². The number of hydrogen-bond acceptors (Lipinski definition) is 4. The third-order valence-corrected chi connectivity index (χ3v) is 3.81. The number of hydrogen-bond donors (Lipinski definition) is 0. The molecule has 106 valence electrons. The minimum absolute atomic E-state index is 0.0661. The van der Waals surface area contributed by atoms with Gasteiger partial charge in [0.2, 0.25) is 5.76 Å². The van der Waals surface area contributed by atoms with Crippen molar-refractivity contribution in [3.8, 4) is 0 Å². The lowest BCUT2D eigenvalue weighted by molar-refractivity contribution is 0.0227. The Hall–Kier alpha value is -1.36. The van der Waals surface area contributed by atoms with Gasteiger partial charge >= 0.3 is 0 Å². The van der Waals surface area contributed by atoms with Gasteiger partial charge in [-0.2, -0.15) is 0 Å². The van der Waals surface area contributed by atoms with Crippen molar-refractivity contribution in [1.82, 2.24) is 10.1 Å². The molecule has 0 N–H and O–H groups in total. The highest BCUT2D eigenvalue weighted by Crippen LogP contribution is 2.35. The van der Waals surface area contributed by atoms with Crippen molar-refractivity contribution in [2.24, 2.45) is 0 Å². The Balaban J connectivity index is 2.23. The molecule has 5 heteroatoms. The van der Waals surface area contributed by atoms with Gasteiger partial charge in [-0.3, -0.25) is 4.79 Å². The maximum absolute atomic E-state index is 12.6. The third kappa shape index (κ3) is 2.66. The number of amides is 1. The van der Waals surface area contributed by atoms with Gasteiger partial charge in [-0.25, -0.2) is 0 Å². The quantitative estimate of drug-likeness (QED) is 0.821. The molecular weight excluding hydrogens is 244 g/mol. The number of nitrogens with zero attached hydrogens (tertiary/aromatic N) is 2. The van der Waals surface area contributed by atoms with Crippen molar-refractivity contribution < 1.29 is 14.1 Å². The van der Waals surface area contributed by atoms with E-state index >= 15 is 0 Å². The number of rotatable bonds is 5. The summed E-state index contributed by atoms with van der Waals surface area (Å²) >= 11 is 0. The van der Waals surface area contributed by atoms with E-state index in [-0.39, 0.29) is 11.4 Å². The summed E-state index contributed by atoms with van der Waals surface area (Å²) in [4.78, 5) is 14.5. The molecule has 0 bridgehead atoms. The van der Waals surface area contributed by atoms with Crippen LogP contribution in [0.2, 0.25) is 0 Å². The summed E-state index contributed by atoms with van der Waals surface area (Å²) in [5, 5.41) is 3.80. The summed E-state index contributed by atoms with van der Waals surface area (Å²) < 4.78 is 10.5. The summed E-state index contributed by atoms with van der Waals surface area (Å²) in [5.74, 6) is 0.264. The molecule has 1 saturated heterocycles. The van der Waals surface area contributed by atoms with Crippen molar-refractivity contribution >= 4 is 5.91 Å². The first-order valence-electron chi connectivity index (χ1n) is 6.87. The van der Waals surface area contributed by atoms with Gasteiger partial charge in [-0.05, 0) is 26.2 Å². The van der Waals surface area contributed by atoms with Gasteiger partial charge in [0.25, 0.3) is 5.91 Å². The second kappa shape index (κ2) is 5.74. The van der Waals surface area contributed by atoms with E-state index in [0.717, 1.165) is 37.9 Å². The Bertz CT molecular complexity index is 436. The fourth-order valence-electron chi connectivity index (χ4n) is 3.07. The average Bonchev–Trinajstić information content (AvgIpc) is 2.97. The second-order valence-corrected chi connectivity index (χ2v) is 5.30. The van der Waals surface area contributed by atoms with E-state index in [9.17, 15) is 4.79 Å². The molecule has 0 aliphatic carbocycles. The Morgan fingerprint density at radius 1 is 1.63 bits per heavy atom. The molecule has 0 spiro atoms. The van der Waals surface area contributed by atoms with E-state index in [1.54, 1.807) is 13.2 Å². The van der Waals surface area contributed by atoms with Crippen LogP contribution >= 0.6 is 0 Å². The van der Waals surface area contributed by atoms with Gasteiger partial charge in [0.15, 0.2) is 0 Å². The maximum atomic E-state index is 12.6. The van der Waals surface area contributed by atoms with Crippen LogP contribution in [-0.4, -0.2) is 41.8 Å². The lowest BCUT2D eigenvalue weighted by Gasteiger charge is -2.37. The molecule has 1 aliphatic rings. The molecule has 0 unspecified atom stereocenters. The molecule has 0 saturated carbocycles. The highest BCUT2D eigenvalue weighted by atomic mass is 16.5. The molecule has 0 radical (unpaired) electrons. The van der Waals surface area contributed by atoms with Crippen LogP contribution in [0.4, 0.5) is 0 Å². The Morgan fingerprint density at radius 2 is 2.42 bits per heavy atom. The van der Waals surface area contributed by atoms with Crippen molar-refractivity contribution in [1.29, 1.82) is 0 Å². The number of aryl methyl sites for hydroxylation is 1. The summed E-state index contributed by atoms with van der Waals surface area (Å²) in [5.41, 5.74) is 0.553. The number of aromatic nitrogens is 1. The number of carbonyl (C=O) groups excluding carboxylic acids is 1. The lowest BCUT2D eigenvalue weighted by atomic mass is 9.91. The first-order valence-corrected chi connectivity index (χ1v) is 6.87. The molecule has 1 fully saturated rings. The molecule has 2 heterocycles. The molecule has 1 amide bonds. The topological polar surface area (TPSA) is 55.6 Å². The molecule has 19 heavy (non-hydrogen) atoms. The van der Waals surface area contributed by atoms with Crippen LogP contribution in [0.3, 0.4) is 0 Å². The number of ether oxygens (including phenoxy) is 1. The van der Waals surface area contributed by atoms with Crippen LogP contribution in [0.25, 0.3) is 0 Å². The standard InChI is InChI=1S/C14H22N2O3/c1-4-6-14(10-18-3)7-5-8-16(14)13(17)12-9-11(2)15-19-12/h9H,4-8,10H2,1-3H3/t14-/m1/s1. The molecule has 0 aromatic carbocycles. The second-order valence-electron chi connectivity index (χ2n) is 5.30. The zero-order valence-electron chi connectivity index (χ0n) is 11.9. The van der Waals surface area contributed by atoms with Crippen LogP contribution in [0.5, 0.6) is 0 Å². The van der Waals surface area contributed by atoms with E-state index in [1.807, 2.05) is 11.8 Å². The van der Waals surface area contributed by atoms with E-state index < -0.39 is 0 Å². The molecule has 1 atom stereocenters. The van der Waals surface area contributed by atoms with Crippen LogP contribution in [0.1, 0.15) is 48.9 Å². The fourth-order valence-corrected chi connectivity index (χ4v) is 3.07. The molecule has 1 aliphatic heterocycles. The molecule has 1 aromatic rings. The summed E-state index contributed by atoms with van der Waals surface area (Å²) in [7, 11) is 1.69. The van der Waals surface area contributed by atoms with Crippen LogP contribution in [0, 0.1) is 6.92 Å². The number of carbonyl (C=O) groups is 1. The van der Waals surface area contributed by atoms with Crippen molar-refractivity contribution in [3.63, 3.8) is 0 Å². The van der Waals surface area contributed by atoms with E-state index in [1.165, 1.54) is 0 Å². The monoisotopic (exact) mass is 266 g/mol. The van der Waals surface area contributed by atoms with Gasteiger partial charge in [-0.1, -0.05) is 18.5 Å². The molecule has 5 nitrogen and oxygen atoms in total. The summed E-state index contributed by atoms with van der Waals surface area (Å²) in [6.07, 6.45) is 4.00. The molecular formula is C14H22N2O3. The molecule has 2 rings (SSSR count). The van der Waals surface area contributed by atoms with E-state index in [2.05, 4.69) is 12.1 Å². The minimum atomic E-state index is -0.179. The number of likely N-dealkylation sites (tertiary alicyclic amines) is 1. The lowest BCUT2D eigenvalue weighted by Crippen LogP contribution is -2.50. The number of methoxy groups -OCH3 is 1. The largest absolute Gasteiger partial charge is 0.382 e. The van der Waals surface area contributed by atoms with E-state index in [4.69, 9.17) is 9.26 Å². The zero-order chi connectivity index (χ0) is 13.9. The SMILES string of the molecule is CCC[C@]1(COC)CCCN1C(=O)c1cc(C)no1. The summed E-state index contributed by atoms with van der Waals surface area (Å²) in [6, 6.07) is 1.70. The predicted molar refractivity (Wildman–Crippen MR) is 71.0 cm³/mol. The first kappa shape index (κ1) is 14.1. The molecule has 1 aromatic heterocycles. The Morgan fingerprint density at radius 3 is 3.00 bits per heavy atom.